The Morgan fingerprint density at radius 1 is 1.06 bits per heavy atom. The lowest BCUT2D eigenvalue weighted by molar-refractivity contribution is 0.600. The highest BCUT2D eigenvalue weighted by Crippen LogP contribution is 2.14. The lowest BCUT2D eigenvalue weighted by Gasteiger charge is -2.13. The van der Waals surface area contributed by atoms with Crippen LogP contribution in [0.25, 0.3) is 0 Å². The second kappa shape index (κ2) is 12.6. The number of fused-ring (bicyclic) bond motifs is 1. The van der Waals surface area contributed by atoms with Gasteiger partial charge in [0.15, 0.2) is 5.96 Å². The van der Waals surface area contributed by atoms with Crippen molar-refractivity contribution in [3.63, 3.8) is 0 Å². The van der Waals surface area contributed by atoms with Gasteiger partial charge in [-0.1, -0.05) is 30.7 Å². The number of guanidine groups is 1. The zero-order chi connectivity index (χ0) is 21.3. The molecule has 1 aliphatic heterocycles. The average Bonchev–Trinajstić information content (AvgIpc) is 3.37. The molecule has 3 heterocycles. The van der Waals surface area contributed by atoms with Crippen LogP contribution in [0.15, 0.2) is 47.7 Å². The first-order chi connectivity index (χ1) is 15.3. The summed E-state index contributed by atoms with van der Waals surface area (Å²) in [4.78, 5) is 4.82. The minimum atomic E-state index is 0. The van der Waals surface area contributed by atoms with Crippen molar-refractivity contribution in [1.29, 1.82) is 0 Å². The van der Waals surface area contributed by atoms with Crippen LogP contribution in [0.2, 0.25) is 0 Å². The molecule has 0 fully saturated rings. The van der Waals surface area contributed by atoms with E-state index in [4.69, 9.17) is 4.99 Å². The highest BCUT2D eigenvalue weighted by Gasteiger charge is 2.14. The largest absolute Gasteiger partial charge is 0.357 e. The quantitative estimate of drug-likeness (QED) is 0.257. The topological polar surface area (TPSA) is 84.9 Å². The molecule has 0 unspecified atom stereocenters. The van der Waals surface area contributed by atoms with Crippen molar-refractivity contribution < 1.29 is 0 Å². The van der Waals surface area contributed by atoms with Crippen LogP contribution in [0.4, 0.5) is 0 Å². The number of aryl methyl sites for hydroxylation is 1. The highest BCUT2D eigenvalue weighted by atomic mass is 127. The van der Waals surface area contributed by atoms with Gasteiger partial charge in [0.05, 0.1) is 13.1 Å². The average molecular weight is 548 g/mol. The van der Waals surface area contributed by atoms with Gasteiger partial charge in [0.2, 0.25) is 0 Å². The molecule has 1 aromatic carbocycles. The standard InChI is InChI=1S/C23H32N8.HI/c1-2-24-23(25-14-12-22-29-28-21-11-4-3-7-16-31(21)22)26-17-19-9-5-6-10-20(19)18-30-15-8-13-27-30;/h5-6,8-10,13,15H,2-4,7,11-12,14,16-18H2,1H3,(H2,24,25,26);1H. The van der Waals surface area contributed by atoms with Gasteiger partial charge >= 0.3 is 0 Å². The molecule has 0 radical (unpaired) electrons. The van der Waals surface area contributed by atoms with Crippen molar-refractivity contribution in [3.05, 3.63) is 65.5 Å². The number of halogens is 1. The van der Waals surface area contributed by atoms with Crippen molar-refractivity contribution in [1.82, 2.24) is 35.2 Å². The summed E-state index contributed by atoms with van der Waals surface area (Å²) < 4.78 is 4.25. The molecule has 32 heavy (non-hydrogen) atoms. The number of aromatic nitrogens is 5. The molecule has 2 N–H and O–H groups in total. The van der Waals surface area contributed by atoms with Gasteiger partial charge in [0.1, 0.15) is 11.6 Å². The van der Waals surface area contributed by atoms with Crippen LogP contribution >= 0.6 is 24.0 Å². The number of nitrogens with one attached hydrogen (secondary N) is 2. The summed E-state index contributed by atoms with van der Waals surface area (Å²) in [5.74, 6) is 3.04. The van der Waals surface area contributed by atoms with Gasteiger partial charge in [-0.25, -0.2) is 4.99 Å². The predicted octanol–water partition coefficient (Wildman–Crippen LogP) is 3.17. The fourth-order valence-corrected chi connectivity index (χ4v) is 3.96. The Labute approximate surface area is 206 Å². The zero-order valence-electron chi connectivity index (χ0n) is 18.7. The van der Waals surface area contributed by atoms with Crippen molar-refractivity contribution >= 4 is 29.9 Å². The second-order valence-corrected chi connectivity index (χ2v) is 7.84. The monoisotopic (exact) mass is 548 g/mol. The van der Waals surface area contributed by atoms with E-state index in [2.05, 4.69) is 61.7 Å². The van der Waals surface area contributed by atoms with Crippen LogP contribution in [-0.4, -0.2) is 43.6 Å². The number of benzene rings is 1. The first-order valence-electron chi connectivity index (χ1n) is 11.3. The van der Waals surface area contributed by atoms with Crippen LogP contribution in [-0.2, 0) is 32.5 Å². The van der Waals surface area contributed by atoms with E-state index in [-0.39, 0.29) is 24.0 Å². The molecule has 172 valence electrons. The third-order valence-electron chi connectivity index (χ3n) is 5.59. The molecular formula is C23H33IN8. The van der Waals surface area contributed by atoms with Gasteiger partial charge in [-0.2, -0.15) is 5.10 Å². The number of nitrogens with zero attached hydrogens (tertiary/aromatic N) is 6. The number of rotatable bonds is 8. The van der Waals surface area contributed by atoms with Crippen molar-refractivity contribution in [2.24, 2.45) is 4.99 Å². The highest BCUT2D eigenvalue weighted by molar-refractivity contribution is 14.0. The Morgan fingerprint density at radius 2 is 1.94 bits per heavy atom. The van der Waals surface area contributed by atoms with Gasteiger partial charge in [-0.3, -0.25) is 4.68 Å². The number of aliphatic imine (C=N–C) groups is 1. The maximum atomic E-state index is 4.82. The van der Waals surface area contributed by atoms with Crippen molar-refractivity contribution in [3.8, 4) is 0 Å². The second-order valence-electron chi connectivity index (χ2n) is 7.84. The van der Waals surface area contributed by atoms with E-state index < -0.39 is 0 Å². The van der Waals surface area contributed by atoms with Crippen LogP contribution in [0.3, 0.4) is 0 Å². The number of hydrogen-bond acceptors (Lipinski definition) is 4. The summed E-state index contributed by atoms with van der Waals surface area (Å²) in [6.07, 6.45) is 9.39. The molecule has 2 aromatic heterocycles. The van der Waals surface area contributed by atoms with Gasteiger partial charge in [0, 0.05) is 44.9 Å². The summed E-state index contributed by atoms with van der Waals surface area (Å²) in [6.45, 7) is 6.09. The van der Waals surface area contributed by atoms with Gasteiger partial charge < -0.3 is 15.2 Å². The van der Waals surface area contributed by atoms with Crippen molar-refractivity contribution in [2.45, 2.75) is 58.7 Å². The minimum Gasteiger partial charge on any atom is -0.357 e. The molecule has 3 aromatic rings. The summed E-state index contributed by atoms with van der Waals surface area (Å²) in [5.41, 5.74) is 2.44. The molecule has 8 nitrogen and oxygen atoms in total. The molecule has 1 aliphatic rings. The molecule has 0 spiro atoms. The minimum absolute atomic E-state index is 0. The van der Waals surface area contributed by atoms with Gasteiger partial charge in [-0.15, -0.1) is 34.2 Å². The van der Waals surface area contributed by atoms with E-state index in [0.29, 0.717) is 6.54 Å². The Kier molecular flexibility index (Phi) is 9.51. The first-order valence-corrected chi connectivity index (χ1v) is 11.3. The molecule has 0 saturated carbocycles. The SMILES string of the molecule is CCNC(=NCc1ccccc1Cn1cccn1)NCCc1nnc2n1CCCCC2.I. The fourth-order valence-electron chi connectivity index (χ4n) is 3.96. The molecular weight excluding hydrogens is 515 g/mol. The van der Waals surface area contributed by atoms with Gasteiger partial charge in [-0.05, 0) is 37.0 Å². The summed E-state index contributed by atoms with van der Waals surface area (Å²) in [5, 5.41) is 20.0. The molecule has 0 aliphatic carbocycles. The van der Waals surface area contributed by atoms with Crippen LogP contribution < -0.4 is 10.6 Å². The maximum Gasteiger partial charge on any atom is 0.191 e. The molecule has 0 amide bonds. The lowest BCUT2D eigenvalue weighted by atomic mass is 10.1. The molecule has 4 rings (SSSR count). The number of hydrogen-bond donors (Lipinski definition) is 2. The Morgan fingerprint density at radius 3 is 2.75 bits per heavy atom. The van der Waals surface area contributed by atoms with E-state index in [1.165, 1.54) is 30.4 Å². The normalized spacial score (nSPS) is 13.7. The first kappa shape index (κ1) is 24.2. The Hall–Kier alpha value is -2.43. The summed E-state index contributed by atoms with van der Waals surface area (Å²) in [7, 11) is 0. The Bertz CT molecular complexity index is 980. The van der Waals surface area contributed by atoms with E-state index in [1.807, 2.05) is 23.1 Å². The van der Waals surface area contributed by atoms with Crippen LogP contribution in [0.1, 0.15) is 49.0 Å². The van der Waals surface area contributed by atoms with E-state index in [1.54, 1.807) is 0 Å². The lowest BCUT2D eigenvalue weighted by Crippen LogP contribution is -2.38. The third kappa shape index (κ3) is 6.54. The van der Waals surface area contributed by atoms with Gasteiger partial charge in [0.25, 0.3) is 0 Å². The maximum absolute atomic E-state index is 4.82. The third-order valence-corrected chi connectivity index (χ3v) is 5.59. The molecule has 0 atom stereocenters. The van der Waals surface area contributed by atoms with E-state index in [9.17, 15) is 0 Å². The molecule has 0 saturated heterocycles. The van der Waals surface area contributed by atoms with E-state index in [0.717, 1.165) is 56.6 Å². The predicted molar refractivity (Wildman–Crippen MR) is 137 cm³/mol. The summed E-state index contributed by atoms with van der Waals surface area (Å²) >= 11 is 0. The molecule has 0 bridgehead atoms. The fraction of sp³-hybridized carbons (Fsp3) is 0.478. The van der Waals surface area contributed by atoms with Crippen LogP contribution in [0.5, 0.6) is 0 Å². The Balaban J connectivity index is 0.00000289. The van der Waals surface area contributed by atoms with Crippen LogP contribution in [0, 0.1) is 0 Å². The van der Waals surface area contributed by atoms with Crippen molar-refractivity contribution in [2.75, 3.05) is 13.1 Å². The molecule has 9 heteroatoms. The smallest absolute Gasteiger partial charge is 0.191 e. The zero-order valence-corrected chi connectivity index (χ0v) is 21.0. The van der Waals surface area contributed by atoms with E-state index >= 15 is 0 Å². The summed E-state index contributed by atoms with van der Waals surface area (Å²) in [6, 6.07) is 10.4.